The van der Waals surface area contributed by atoms with Crippen LogP contribution in [0.2, 0.25) is 0 Å². The number of hydrogen-bond donors (Lipinski definition) is 1. The fraction of sp³-hybridized carbons (Fsp3) is 0.500. The molecule has 0 spiro atoms. The zero-order valence-electron chi connectivity index (χ0n) is 15.1. The van der Waals surface area contributed by atoms with E-state index in [1.807, 2.05) is 11.1 Å². The molecule has 0 radical (unpaired) electrons. The predicted octanol–water partition coefficient (Wildman–Crippen LogP) is 3.97. The first kappa shape index (κ1) is 17.6. The Morgan fingerprint density at radius 3 is 2.88 bits per heavy atom. The molecule has 3 heterocycles. The molecular formula is C20H25N3O2S. The van der Waals surface area contributed by atoms with Crippen LogP contribution in [0.5, 0.6) is 0 Å². The summed E-state index contributed by atoms with van der Waals surface area (Å²) in [5.41, 5.74) is 2.23. The number of carbonyl (C=O) groups excluding carboxylic acids is 1. The second-order valence-electron chi connectivity index (χ2n) is 7.01. The second kappa shape index (κ2) is 7.86. The molecular weight excluding hydrogens is 346 g/mol. The van der Waals surface area contributed by atoms with Gasteiger partial charge in [0.1, 0.15) is 11.1 Å². The number of aromatic nitrogens is 1. The number of nitrogens with zero attached hydrogens (tertiary/aromatic N) is 2. The lowest BCUT2D eigenvalue weighted by atomic mass is 10.1. The van der Waals surface area contributed by atoms with Gasteiger partial charge in [0.05, 0.1) is 0 Å². The molecule has 0 unspecified atom stereocenters. The van der Waals surface area contributed by atoms with E-state index < -0.39 is 0 Å². The van der Waals surface area contributed by atoms with Crippen molar-refractivity contribution < 1.29 is 9.53 Å². The van der Waals surface area contributed by atoms with Gasteiger partial charge >= 0.3 is 0 Å². The summed E-state index contributed by atoms with van der Waals surface area (Å²) < 4.78 is 5.71. The lowest BCUT2D eigenvalue weighted by Crippen LogP contribution is -2.23. The van der Waals surface area contributed by atoms with Gasteiger partial charge in [0.15, 0.2) is 0 Å². The number of benzene rings is 1. The van der Waals surface area contributed by atoms with Crippen LogP contribution in [0.25, 0.3) is 0 Å². The van der Waals surface area contributed by atoms with E-state index in [0.717, 1.165) is 49.7 Å². The van der Waals surface area contributed by atoms with Crippen LogP contribution in [0.4, 0.5) is 5.69 Å². The molecule has 0 bridgehead atoms. The third kappa shape index (κ3) is 3.82. The van der Waals surface area contributed by atoms with Gasteiger partial charge in [-0.15, -0.1) is 11.3 Å². The lowest BCUT2D eigenvalue weighted by Gasteiger charge is -2.18. The van der Waals surface area contributed by atoms with Crippen molar-refractivity contribution in [3.63, 3.8) is 0 Å². The van der Waals surface area contributed by atoms with Crippen LogP contribution in [-0.4, -0.2) is 24.0 Å². The number of nitrogens with one attached hydrogen (secondary N) is 1. The van der Waals surface area contributed by atoms with E-state index in [1.165, 1.54) is 10.4 Å². The van der Waals surface area contributed by atoms with Gasteiger partial charge in [-0.05, 0) is 43.9 Å². The van der Waals surface area contributed by atoms with Crippen molar-refractivity contribution in [1.82, 2.24) is 10.3 Å². The van der Waals surface area contributed by atoms with E-state index in [4.69, 9.17) is 4.74 Å². The number of thiazole rings is 1. The third-order valence-electron chi connectivity index (χ3n) is 5.14. The van der Waals surface area contributed by atoms with Crippen molar-refractivity contribution in [3.05, 3.63) is 45.9 Å². The van der Waals surface area contributed by atoms with Crippen molar-refractivity contribution in [3.8, 4) is 0 Å². The van der Waals surface area contributed by atoms with Crippen molar-refractivity contribution >= 4 is 22.9 Å². The van der Waals surface area contributed by atoms with Gasteiger partial charge in [-0.2, -0.15) is 0 Å². The van der Waals surface area contributed by atoms with E-state index in [9.17, 15) is 4.79 Å². The average molecular weight is 372 g/mol. The molecule has 4 rings (SSSR count). The van der Waals surface area contributed by atoms with E-state index in [-0.39, 0.29) is 18.1 Å². The van der Waals surface area contributed by atoms with Gasteiger partial charge in [-0.1, -0.05) is 12.1 Å². The summed E-state index contributed by atoms with van der Waals surface area (Å²) in [5, 5.41) is 4.67. The number of carbonyl (C=O) groups is 1. The summed E-state index contributed by atoms with van der Waals surface area (Å²) in [6, 6.07) is 8.58. The molecule has 1 aromatic carbocycles. The summed E-state index contributed by atoms with van der Waals surface area (Å²) >= 11 is 1.74. The van der Waals surface area contributed by atoms with Gasteiger partial charge in [0.25, 0.3) is 0 Å². The maximum absolute atomic E-state index is 11.9. The van der Waals surface area contributed by atoms with Gasteiger partial charge in [0.2, 0.25) is 5.91 Å². The molecule has 1 amide bonds. The Hall–Kier alpha value is -1.76. The predicted molar refractivity (Wildman–Crippen MR) is 103 cm³/mol. The highest BCUT2D eigenvalue weighted by Gasteiger charge is 2.22. The molecule has 26 heavy (non-hydrogen) atoms. The Balaban J connectivity index is 1.33. The fourth-order valence-corrected chi connectivity index (χ4v) is 4.51. The number of ether oxygens (including phenoxy) is 1. The van der Waals surface area contributed by atoms with Gasteiger partial charge < -0.3 is 15.0 Å². The second-order valence-corrected chi connectivity index (χ2v) is 8.16. The Morgan fingerprint density at radius 2 is 2.19 bits per heavy atom. The van der Waals surface area contributed by atoms with Crippen LogP contribution in [0.1, 0.15) is 60.2 Å². The monoisotopic (exact) mass is 371 g/mol. The van der Waals surface area contributed by atoms with E-state index in [2.05, 4.69) is 41.5 Å². The molecule has 2 aromatic rings. The molecule has 2 atom stereocenters. The fourth-order valence-electron chi connectivity index (χ4n) is 3.56. The number of hydrogen-bond acceptors (Lipinski definition) is 5. The van der Waals surface area contributed by atoms with Gasteiger partial charge in [0, 0.05) is 48.9 Å². The van der Waals surface area contributed by atoms with Crippen LogP contribution in [0.15, 0.2) is 30.5 Å². The standard InChI is InChI=1S/C20H25N3O2S/c1-14(15-6-8-16(9-7-15)23-10-2-5-19(23)24)21-12-17-13-22-20(26-17)18-4-3-11-25-18/h6-9,13-14,18,21H,2-5,10-12H2,1H3/t14-,18-/m1/s1. The molecule has 0 saturated carbocycles. The van der Waals surface area contributed by atoms with Crippen LogP contribution >= 0.6 is 11.3 Å². The molecule has 1 N–H and O–H groups in total. The van der Waals surface area contributed by atoms with E-state index in [1.54, 1.807) is 11.3 Å². The van der Waals surface area contributed by atoms with Crippen molar-refractivity contribution in [1.29, 1.82) is 0 Å². The molecule has 2 aliphatic rings. The maximum Gasteiger partial charge on any atom is 0.227 e. The van der Waals surface area contributed by atoms with Gasteiger partial charge in [-0.3, -0.25) is 4.79 Å². The molecule has 2 aliphatic heterocycles. The SMILES string of the molecule is C[C@@H](NCc1cnc([C@H]2CCCO2)s1)c1ccc(N2CCCC2=O)cc1. The van der Waals surface area contributed by atoms with Crippen LogP contribution in [0.3, 0.4) is 0 Å². The smallest absolute Gasteiger partial charge is 0.227 e. The molecule has 2 saturated heterocycles. The van der Waals surface area contributed by atoms with Crippen molar-refractivity contribution in [2.45, 2.75) is 51.3 Å². The summed E-state index contributed by atoms with van der Waals surface area (Å²) in [5.74, 6) is 0.233. The molecule has 5 nitrogen and oxygen atoms in total. The third-order valence-corrected chi connectivity index (χ3v) is 6.23. The molecule has 6 heteroatoms. The van der Waals surface area contributed by atoms with E-state index in [0.29, 0.717) is 6.42 Å². The van der Waals surface area contributed by atoms with Crippen molar-refractivity contribution in [2.24, 2.45) is 0 Å². The molecule has 0 aliphatic carbocycles. The maximum atomic E-state index is 11.9. The Bertz CT molecular complexity index is 753. The lowest BCUT2D eigenvalue weighted by molar-refractivity contribution is -0.117. The first-order chi connectivity index (χ1) is 12.7. The van der Waals surface area contributed by atoms with Gasteiger partial charge in [-0.25, -0.2) is 4.98 Å². The summed E-state index contributed by atoms with van der Waals surface area (Å²) in [7, 11) is 0. The minimum Gasteiger partial charge on any atom is -0.371 e. The minimum absolute atomic E-state index is 0.201. The van der Waals surface area contributed by atoms with Crippen LogP contribution in [0, 0.1) is 0 Å². The van der Waals surface area contributed by atoms with E-state index >= 15 is 0 Å². The van der Waals surface area contributed by atoms with Crippen LogP contribution < -0.4 is 10.2 Å². The Morgan fingerprint density at radius 1 is 1.35 bits per heavy atom. The van der Waals surface area contributed by atoms with Crippen molar-refractivity contribution in [2.75, 3.05) is 18.1 Å². The average Bonchev–Trinajstić information content (AvgIpc) is 3.41. The minimum atomic E-state index is 0.201. The zero-order valence-corrected chi connectivity index (χ0v) is 15.9. The number of amides is 1. The summed E-state index contributed by atoms with van der Waals surface area (Å²) in [4.78, 5) is 19.5. The quantitative estimate of drug-likeness (QED) is 0.835. The summed E-state index contributed by atoms with van der Waals surface area (Å²) in [6.45, 7) is 4.66. The first-order valence-corrected chi connectivity index (χ1v) is 10.2. The molecule has 1 aromatic heterocycles. The number of rotatable bonds is 6. The topological polar surface area (TPSA) is 54.5 Å². The first-order valence-electron chi connectivity index (χ1n) is 9.40. The number of anilines is 1. The highest BCUT2D eigenvalue weighted by Crippen LogP contribution is 2.31. The highest BCUT2D eigenvalue weighted by atomic mass is 32.1. The Labute approximate surface area is 158 Å². The largest absolute Gasteiger partial charge is 0.371 e. The Kier molecular flexibility index (Phi) is 5.33. The van der Waals surface area contributed by atoms with Crippen LogP contribution in [-0.2, 0) is 16.1 Å². The summed E-state index contributed by atoms with van der Waals surface area (Å²) in [6.07, 6.45) is 6.01. The molecule has 138 valence electrons. The normalized spacial score (nSPS) is 21.5. The molecule has 2 fully saturated rings. The zero-order chi connectivity index (χ0) is 17.9. The highest BCUT2D eigenvalue weighted by molar-refractivity contribution is 7.11.